The van der Waals surface area contributed by atoms with Gasteiger partial charge in [0.25, 0.3) is 0 Å². The van der Waals surface area contributed by atoms with Crippen molar-refractivity contribution in [2.75, 3.05) is 19.7 Å². The van der Waals surface area contributed by atoms with Crippen LogP contribution in [-0.4, -0.2) is 53.3 Å². The van der Waals surface area contributed by atoms with Crippen molar-refractivity contribution in [2.24, 2.45) is 5.92 Å². The number of aliphatic carboxylic acids is 1. The number of nitrogens with zero attached hydrogens (tertiary/aromatic N) is 3. The van der Waals surface area contributed by atoms with Gasteiger partial charge in [0.1, 0.15) is 5.75 Å². The molecular weight excluding hydrogens is 418 g/mol. The van der Waals surface area contributed by atoms with E-state index in [0.29, 0.717) is 24.6 Å². The van der Waals surface area contributed by atoms with E-state index in [4.69, 9.17) is 4.74 Å². The molecule has 1 saturated heterocycles. The number of hydrogen-bond acceptors (Lipinski definition) is 5. The van der Waals surface area contributed by atoms with E-state index in [-0.39, 0.29) is 29.8 Å². The first-order valence-electron chi connectivity index (χ1n) is 10.2. The molecule has 4 rings (SSSR count). The number of sulfonamides is 1. The van der Waals surface area contributed by atoms with Crippen molar-refractivity contribution < 1.29 is 23.1 Å². The predicted molar refractivity (Wildman–Crippen MR) is 116 cm³/mol. The van der Waals surface area contributed by atoms with Crippen molar-refractivity contribution in [2.45, 2.75) is 31.2 Å². The number of rotatable bonds is 7. The summed E-state index contributed by atoms with van der Waals surface area (Å²) in [6, 6.07) is 13.7. The Balaban J connectivity index is 1.64. The first-order valence-corrected chi connectivity index (χ1v) is 11.7. The lowest BCUT2D eigenvalue weighted by Gasteiger charge is -2.18. The van der Waals surface area contributed by atoms with Gasteiger partial charge in [-0.25, -0.2) is 8.42 Å². The van der Waals surface area contributed by atoms with Crippen LogP contribution in [0.2, 0.25) is 0 Å². The van der Waals surface area contributed by atoms with Crippen LogP contribution in [-0.2, 0) is 21.2 Å². The van der Waals surface area contributed by atoms with Crippen LogP contribution in [0.4, 0.5) is 0 Å². The predicted octanol–water partition coefficient (Wildman–Crippen LogP) is 2.94. The van der Waals surface area contributed by atoms with E-state index in [2.05, 4.69) is 5.10 Å². The van der Waals surface area contributed by atoms with Crippen molar-refractivity contribution in [3.8, 4) is 5.75 Å². The molecule has 3 aromatic rings. The van der Waals surface area contributed by atoms with Crippen LogP contribution in [0.5, 0.6) is 5.75 Å². The largest absolute Gasteiger partial charge is 0.494 e. The number of carbonyl (C=O) groups is 1. The number of carboxylic acids is 1. The summed E-state index contributed by atoms with van der Waals surface area (Å²) in [5.41, 5.74) is 1.30. The molecular formula is C22H25N3O5S. The lowest BCUT2D eigenvalue weighted by molar-refractivity contribution is -0.136. The summed E-state index contributed by atoms with van der Waals surface area (Å²) in [5, 5.41) is 14.6. The summed E-state index contributed by atoms with van der Waals surface area (Å²) in [6.45, 7) is 5.01. The Morgan fingerprint density at radius 1 is 1.16 bits per heavy atom. The zero-order chi connectivity index (χ0) is 22.2. The Morgan fingerprint density at radius 3 is 2.55 bits per heavy atom. The summed E-state index contributed by atoms with van der Waals surface area (Å²) >= 11 is 0. The Morgan fingerprint density at radius 2 is 1.87 bits per heavy atom. The molecule has 0 radical (unpaired) electrons. The SMILES string of the molecule is CCOc1ccc(S(=O)(=O)N2C[C@H](C)[C@@H](n3nc(CC(=O)O)c4ccccc43)C2)cc1. The molecule has 2 heterocycles. The highest BCUT2D eigenvalue weighted by molar-refractivity contribution is 7.89. The van der Waals surface area contributed by atoms with Gasteiger partial charge in [-0.15, -0.1) is 0 Å². The third kappa shape index (κ3) is 4.03. The van der Waals surface area contributed by atoms with Crippen LogP contribution in [0, 0.1) is 5.92 Å². The number of ether oxygens (including phenoxy) is 1. The Kier molecular flexibility index (Phi) is 5.72. The second kappa shape index (κ2) is 8.32. The van der Waals surface area contributed by atoms with Gasteiger partial charge in [-0.3, -0.25) is 9.48 Å². The van der Waals surface area contributed by atoms with E-state index in [1.807, 2.05) is 38.1 Å². The molecule has 0 bridgehead atoms. The van der Waals surface area contributed by atoms with Crippen molar-refractivity contribution >= 4 is 26.9 Å². The van der Waals surface area contributed by atoms with Crippen molar-refractivity contribution in [1.29, 1.82) is 0 Å². The zero-order valence-electron chi connectivity index (χ0n) is 17.4. The number of benzene rings is 2. The second-order valence-corrected chi connectivity index (χ2v) is 9.69. The fourth-order valence-electron chi connectivity index (χ4n) is 4.13. The quantitative estimate of drug-likeness (QED) is 0.602. The van der Waals surface area contributed by atoms with Crippen LogP contribution in [0.25, 0.3) is 10.9 Å². The van der Waals surface area contributed by atoms with Gasteiger partial charge < -0.3 is 9.84 Å². The van der Waals surface area contributed by atoms with Crippen LogP contribution < -0.4 is 4.74 Å². The molecule has 8 nitrogen and oxygen atoms in total. The van der Waals surface area contributed by atoms with Crippen LogP contribution >= 0.6 is 0 Å². The molecule has 1 aromatic heterocycles. The Hall–Kier alpha value is -2.91. The summed E-state index contributed by atoms with van der Waals surface area (Å²) < 4.78 is 35.1. The molecule has 0 aliphatic carbocycles. The summed E-state index contributed by atoms with van der Waals surface area (Å²) in [4.78, 5) is 11.5. The number of fused-ring (bicyclic) bond motifs is 1. The minimum absolute atomic E-state index is 0.0125. The fraction of sp³-hybridized carbons (Fsp3) is 0.364. The van der Waals surface area contributed by atoms with Gasteiger partial charge in [0.2, 0.25) is 10.0 Å². The van der Waals surface area contributed by atoms with Gasteiger partial charge in [0.05, 0.1) is 35.2 Å². The smallest absolute Gasteiger partial charge is 0.309 e. The second-order valence-electron chi connectivity index (χ2n) is 7.75. The highest BCUT2D eigenvalue weighted by Crippen LogP contribution is 2.34. The maximum atomic E-state index is 13.2. The van der Waals surface area contributed by atoms with Crippen LogP contribution in [0.3, 0.4) is 0 Å². The summed E-state index contributed by atoms with van der Waals surface area (Å²) in [6.07, 6.45) is -0.178. The standard InChI is InChI=1S/C22H25N3O5S/c1-3-30-16-8-10-17(11-9-16)31(28,29)24-13-15(2)21(14-24)25-20-7-5-4-6-18(20)19(23-25)12-22(26)27/h4-11,15,21H,3,12-14H2,1-2H3,(H,26,27)/t15-,21-/m0/s1. The minimum Gasteiger partial charge on any atom is -0.494 e. The maximum Gasteiger partial charge on any atom is 0.309 e. The molecule has 1 aliphatic heterocycles. The van der Waals surface area contributed by atoms with Crippen LogP contribution in [0.1, 0.15) is 25.6 Å². The normalized spacial score (nSPS) is 19.7. The van der Waals surface area contributed by atoms with Crippen molar-refractivity contribution in [3.63, 3.8) is 0 Å². The van der Waals surface area contributed by atoms with E-state index in [1.54, 1.807) is 28.9 Å². The first kappa shape index (κ1) is 21.3. The number of para-hydroxylation sites is 1. The van der Waals surface area contributed by atoms with Gasteiger partial charge in [0, 0.05) is 18.5 Å². The van der Waals surface area contributed by atoms with Gasteiger partial charge in [-0.2, -0.15) is 9.40 Å². The Labute approximate surface area is 181 Å². The molecule has 31 heavy (non-hydrogen) atoms. The monoisotopic (exact) mass is 443 g/mol. The molecule has 0 amide bonds. The van der Waals surface area contributed by atoms with E-state index in [0.717, 1.165) is 10.9 Å². The molecule has 164 valence electrons. The number of carboxylic acid groups (broad SMARTS) is 1. The molecule has 0 saturated carbocycles. The molecule has 9 heteroatoms. The molecule has 2 atom stereocenters. The van der Waals surface area contributed by atoms with Gasteiger partial charge in [0.15, 0.2) is 0 Å². The number of aromatic nitrogens is 2. The molecule has 0 unspecified atom stereocenters. The molecule has 1 N–H and O–H groups in total. The van der Waals surface area contributed by atoms with E-state index >= 15 is 0 Å². The third-order valence-electron chi connectivity index (χ3n) is 5.63. The topological polar surface area (TPSA) is 102 Å². The van der Waals surface area contributed by atoms with Gasteiger partial charge in [-0.1, -0.05) is 25.1 Å². The van der Waals surface area contributed by atoms with E-state index < -0.39 is 16.0 Å². The highest BCUT2D eigenvalue weighted by atomic mass is 32.2. The molecule has 2 aromatic carbocycles. The first-order chi connectivity index (χ1) is 14.8. The lowest BCUT2D eigenvalue weighted by atomic mass is 10.1. The Bertz CT molecular complexity index is 1200. The maximum absolute atomic E-state index is 13.2. The van der Waals surface area contributed by atoms with E-state index in [9.17, 15) is 18.3 Å². The average molecular weight is 444 g/mol. The summed E-state index contributed by atoms with van der Waals surface area (Å²) in [5.74, 6) is -0.309. The van der Waals surface area contributed by atoms with Gasteiger partial charge in [-0.05, 0) is 43.2 Å². The van der Waals surface area contributed by atoms with Crippen molar-refractivity contribution in [3.05, 3.63) is 54.2 Å². The van der Waals surface area contributed by atoms with Crippen LogP contribution in [0.15, 0.2) is 53.4 Å². The zero-order valence-corrected chi connectivity index (χ0v) is 18.2. The fourth-order valence-corrected chi connectivity index (χ4v) is 5.68. The average Bonchev–Trinajstić information content (AvgIpc) is 3.29. The van der Waals surface area contributed by atoms with Gasteiger partial charge >= 0.3 is 5.97 Å². The minimum atomic E-state index is -3.67. The lowest BCUT2D eigenvalue weighted by Crippen LogP contribution is -2.29. The number of hydrogen-bond donors (Lipinski definition) is 1. The molecule has 1 aliphatic rings. The van der Waals surface area contributed by atoms with E-state index in [1.165, 1.54) is 4.31 Å². The summed E-state index contributed by atoms with van der Waals surface area (Å²) in [7, 11) is -3.67. The highest BCUT2D eigenvalue weighted by Gasteiger charge is 2.39. The third-order valence-corrected chi connectivity index (χ3v) is 7.48. The molecule has 0 spiro atoms. The van der Waals surface area contributed by atoms with Crippen molar-refractivity contribution in [1.82, 2.24) is 14.1 Å². The molecule has 1 fully saturated rings.